The Hall–Kier alpha value is -0.450. The van der Waals surface area contributed by atoms with Gasteiger partial charge in [0.2, 0.25) is 0 Å². The van der Waals surface area contributed by atoms with Gasteiger partial charge in [-0.05, 0) is 25.2 Å². The molecule has 4 heteroatoms. The molecule has 0 unspecified atom stereocenters. The second kappa shape index (κ2) is 3.96. The third-order valence-corrected chi connectivity index (χ3v) is 3.17. The lowest BCUT2D eigenvalue weighted by Gasteiger charge is -2.07. The zero-order valence-electron chi connectivity index (χ0n) is 8.31. The number of Topliss-reactive ketones (excluding diaryl/α,β-unsaturated/α-hetero) is 1. The van der Waals surface area contributed by atoms with Gasteiger partial charge >= 0.3 is 0 Å². The SMILES string of the molecule is CCOCOC[C@H]1[C@@H]2C[C@@H](O)C(=O)[C@H]12. The first-order valence-electron chi connectivity index (χ1n) is 5.13. The van der Waals surface area contributed by atoms with E-state index >= 15 is 0 Å². The van der Waals surface area contributed by atoms with Crippen LogP contribution in [-0.2, 0) is 14.3 Å². The van der Waals surface area contributed by atoms with Gasteiger partial charge in [0.1, 0.15) is 12.9 Å². The van der Waals surface area contributed by atoms with E-state index in [0.29, 0.717) is 38.3 Å². The standard InChI is InChI=1S/C10H16O4/c1-2-13-5-14-4-7-6-3-8(11)10(12)9(6)7/h6-9,11H,2-5H2,1H3/t6-,7-,8+,9-/m0/s1. The molecule has 0 spiro atoms. The van der Waals surface area contributed by atoms with Crippen molar-refractivity contribution in [1.82, 2.24) is 0 Å². The maximum absolute atomic E-state index is 11.3. The van der Waals surface area contributed by atoms with Gasteiger partial charge in [-0.3, -0.25) is 4.79 Å². The van der Waals surface area contributed by atoms with Gasteiger partial charge in [-0.25, -0.2) is 0 Å². The number of aliphatic hydroxyl groups excluding tert-OH is 1. The molecule has 2 aliphatic rings. The highest BCUT2D eigenvalue weighted by atomic mass is 16.7. The highest BCUT2D eigenvalue weighted by Gasteiger charge is 2.61. The van der Waals surface area contributed by atoms with Gasteiger partial charge in [0.25, 0.3) is 0 Å². The molecule has 0 aromatic carbocycles. The van der Waals surface area contributed by atoms with Gasteiger partial charge in [0.15, 0.2) is 5.78 Å². The quantitative estimate of drug-likeness (QED) is 0.508. The molecular formula is C10H16O4. The van der Waals surface area contributed by atoms with Gasteiger partial charge in [0.05, 0.1) is 6.61 Å². The smallest absolute Gasteiger partial charge is 0.165 e. The van der Waals surface area contributed by atoms with Crippen LogP contribution in [0.3, 0.4) is 0 Å². The van der Waals surface area contributed by atoms with E-state index in [2.05, 4.69) is 0 Å². The molecular weight excluding hydrogens is 184 g/mol. The number of carbonyl (C=O) groups is 1. The number of aliphatic hydroxyl groups is 1. The predicted molar refractivity (Wildman–Crippen MR) is 48.5 cm³/mol. The number of carbonyl (C=O) groups excluding carboxylic acids is 1. The molecule has 0 bridgehead atoms. The van der Waals surface area contributed by atoms with Crippen LogP contribution in [0.25, 0.3) is 0 Å². The van der Waals surface area contributed by atoms with Crippen LogP contribution in [0.15, 0.2) is 0 Å². The van der Waals surface area contributed by atoms with E-state index < -0.39 is 6.10 Å². The summed E-state index contributed by atoms with van der Waals surface area (Å²) < 4.78 is 10.3. The molecule has 4 atom stereocenters. The molecule has 1 N–H and O–H groups in total. The molecule has 0 amide bonds. The van der Waals surface area contributed by atoms with E-state index in [-0.39, 0.29) is 11.7 Å². The number of fused-ring (bicyclic) bond motifs is 1. The first-order valence-corrected chi connectivity index (χ1v) is 5.13. The third-order valence-electron chi connectivity index (χ3n) is 3.17. The lowest BCUT2D eigenvalue weighted by molar-refractivity contribution is -0.127. The fourth-order valence-electron chi connectivity index (χ4n) is 2.34. The zero-order valence-corrected chi connectivity index (χ0v) is 8.31. The number of ether oxygens (including phenoxy) is 2. The largest absolute Gasteiger partial charge is 0.385 e. The van der Waals surface area contributed by atoms with Gasteiger partial charge in [-0.15, -0.1) is 0 Å². The van der Waals surface area contributed by atoms with Crippen LogP contribution < -0.4 is 0 Å². The van der Waals surface area contributed by atoms with Crippen LogP contribution in [0.1, 0.15) is 13.3 Å². The normalized spacial score (nSPS) is 40.0. The molecule has 0 radical (unpaired) electrons. The molecule has 80 valence electrons. The van der Waals surface area contributed by atoms with E-state index in [1.165, 1.54) is 0 Å². The Bertz CT molecular complexity index is 228. The van der Waals surface area contributed by atoms with Crippen molar-refractivity contribution >= 4 is 5.78 Å². The molecule has 0 aliphatic heterocycles. The van der Waals surface area contributed by atoms with Crippen LogP contribution in [-0.4, -0.2) is 37.0 Å². The Morgan fingerprint density at radius 3 is 2.86 bits per heavy atom. The Morgan fingerprint density at radius 1 is 1.50 bits per heavy atom. The molecule has 0 aromatic rings. The summed E-state index contributed by atoms with van der Waals surface area (Å²) in [6, 6.07) is 0. The lowest BCUT2D eigenvalue weighted by Crippen LogP contribution is -2.20. The van der Waals surface area contributed by atoms with Crippen molar-refractivity contribution in [3.05, 3.63) is 0 Å². The van der Waals surface area contributed by atoms with Crippen LogP contribution >= 0.6 is 0 Å². The molecule has 2 saturated carbocycles. The third kappa shape index (κ3) is 1.69. The van der Waals surface area contributed by atoms with Crippen LogP contribution in [0, 0.1) is 17.8 Å². The van der Waals surface area contributed by atoms with E-state index in [1.807, 2.05) is 6.92 Å². The van der Waals surface area contributed by atoms with Crippen molar-refractivity contribution in [2.24, 2.45) is 17.8 Å². The molecule has 2 aliphatic carbocycles. The van der Waals surface area contributed by atoms with Crippen LogP contribution in [0.4, 0.5) is 0 Å². The average molecular weight is 200 g/mol. The maximum Gasteiger partial charge on any atom is 0.165 e. The summed E-state index contributed by atoms with van der Waals surface area (Å²) in [5.74, 6) is 0.803. The number of hydrogen-bond donors (Lipinski definition) is 1. The van der Waals surface area contributed by atoms with Gasteiger partial charge in [-0.2, -0.15) is 0 Å². The zero-order chi connectivity index (χ0) is 10.1. The Kier molecular flexibility index (Phi) is 2.85. The number of hydrogen-bond acceptors (Lipinski definition) is 4. The molecule has 0 saturated heterocycles. The summed E-state index contributed by atoms with van der Waals surface area (Å²) in [6.45, 7) is 3.46. The summed E-state index contributed by atoms with van der Waals surface area (Å²) >= 11 is 0. The summed E-state index contributed by atoms with van der Waals surface area (Å²) in [5, 5.41) is 9.21. The Morgan fingerprint density at radius 2 is 2.29 bits per heavy atom. The topological polar surface area (TPSA) is 55.8 Å². The molecule has 4 nitrogen and oxygen atoms in total. The van der Waals surface area contributed by atoms with Gasteiger partial charge in [-0.1, -0.05) is 0 Å². The van der Waals surface area contributed by atoms with Crippen molar-refractivity contribution in [2.45, 2.75) is 19.4 Å². The maximum atomic E-state index is 11.3. The van der Waals surface area contributed by atoms with Crippen molar-refractivity contribution in [1.29, 1.82) is 0 Å². The summed E-state index contributed by atoms with van der Waals surface area (Å²) in [4.78, 5) is 11.3. The minimum atomic E-state index is -0.701. The van der Waals surface area contributed by atoms with Gasteiger partial charge in [0, 0.05) is 12.5 Å². The first-order chi connectivity index (χ1) is 6.75. The minimum absolute atomic E-state index is 0.0139. The number of rotatable bonds is 5. The molecule has 2 rings (SSSR count). The fraction of sp³-hybridized carbons (Fsp3) is 0.900. The second-order valence-corrected chi connectivity index (χ2v) is 3.99. The molecule has 0 aromatic heterocycles. The van der Waals surface area contributed by atoms with E-state index in [9.17, 15) is 9.90 Å². The summed E-state index contributed by atoms with van der Waals surface area (Å²) in [5.41, 5.74) is 0. The summed E-state index contributed by atoms with van der Waals surface area (Å²) in [6.07, 6.45) is -0.0697. The second-order valence-electron chi connectivity index (χ2n) is 3.99. The summed E-state index contributed by atoms with van der Waals surface area (Å²) in [7, 11) is 0. The van der Waals surface area contributed by atoms with Crippen LogP contribution in [0.5, 0.6) is 0 Å². The van der Waals surface area contributed by atoms with E-state index in [1.54, 1.807) is 0 Å². The number of ketones is 1. The minimum Gasteiger partial charge on any atom is -0.385 e. The van der Waals surface area contributed by atoms with Gasteiger partial charge < -0.3 is 14.6 Å². The molecule has 0 heterocycles. The van der Waals surface area contributed by atoms with Crippen molar-refractivity contribution in [3.63, 3.8) is 0 Å². The highest BCUT2D eigenvalue weighted by molar-refractivity contribution is 5.91. The molecule has 2 fully saturated rings. The van der Waals surface area contributed by atoms with Crippen LogP contribution in [0.2, 0.25) is 0 Å². The van der Waals surface area contributed by atoms with E-state index in [4.69, 9.17) is 9.47 Å². The first kappa shape index (κ1) is 10.1. The van der Waals surface area contributed by atoms with Crippen molar-refractivity contribution < 1.29 is 19.4 Å². The monoisotopic (exact) mass is 200 g/mol. The van der Waals surface area contributed by atoms with Crippen molar-refractivity contribution in [3.8, 4) is 0 Å². The highest BCUT2D eigenvalue weighted by Crippen LogP contribution is 2.55. The van der Waals surface area contributed by atoms with E-state index in [0.717, 1.165) is 0 Å². The predicted octanol–water partition coefficient (Wildman–Crippen LogP) is 0.193. The Balaban J connectivity index is 1.65. The fourth-order valence-corrected chi connectivity index (χ4v) is 2.34. The van der Waals surface area contributed by atoms with Crippen molar-refractivity contribution in [2.75, 3.05) is 20.0 Å². The lowest BCUT2D eigenvalue weighted by atomic mass is 10.1. The molecule has 14 heavy (non-hydrogen) atoms. The average Bonchev–Trinajstić information content (AvgIpc) is 2.76. The Labute approximate surface area is 83.2 Å².